The molecule has 0 aromatic heterocycles. The molecule has 0 bridgehead atoms. The van der Waals surface area contributed by atoms with Crippen LogP contribution in [-0.4, -0.2) is 6.04 Å². The van der Waals surface area contributed by atoms with Gasteiger partial charge in [0.25, 0.3) is 0 Å². The normalized spacial score (nSPS) is 30.1. The van der Waals surface area contributed by atoms with Crippen molar-refractivity contribution in [3.63, 3.8) is 0 Å². The first kappa shape index (κ1) is 10.6. The smallest absolute Gasteiger partial charge is 0.139 e. The van der Waals surface area contributed by atoms with Crippen molar-refractivity contribution in [1.82, 2.24) is 0 Å². The van der Waals surface area contributed by atoms with Crippen molar-refractivity contribution in [3.8, 4) is 0 Å². The van der Waals surface area contributed by atoms with Gasteiger partial charge >= 0.3 is 0 Å². The molecule has 0 saturated heterocycles. The van der Waals surface area contributed by atoms with Gasteiger partial charge in [-0.3, -0.25) is 0 Å². The molecule has 1 aromatic carbocycles. The van der Waals surface area contributed by atoms with Gasteiger partial charge in [0.15, 0.2) is 0 Å². The number of benzene rings is 1. The molecule has 0 amide bonds. The van der Waals surface area contributed by atoms with Crippen LogP contribution in [0.4, 0.5) is 4.39 Å². The maximum absolute atomic E-state index is 14.4. The second-order valence-electron chi connectivity index (χ2n) is 4.89. The van der Waals surface area contributed by atoms with Gasteiger partial charge in [-0.1, -0.05) is 12.1 Å². The Morgan fingerprint density at radius 1 is 1.13 bits per heavy atom. The molecule has 2 rings (SSSR count). The molecule has 0 atom stereocenters. The summed E-state index contributed by atoms with van der Waals surface area (Å²) in [6.07, 6.45) is 0.937. The van der Waals surface area contributed by atoms with E-state index in [0.29, 0.717) is 12.8 Å². The molecule has 1 fully saturated rings. The Labute approximate surface area is 90.5 Å². The van der Waals surface area contributed by atoms with Crippen LogP contribution in [0.3, 0.4) is 0 Å². The maximum Gasteiger partial charge on any atom is 0.139 e. The minimum atomic E-state index is -1.16. The summed E-state index contributed by atoms with van der Waals surface area (Å²) in [4.78, 5) is 0. The first-order chi connectivity index (χ1) is 6.92. The molecule has 82 valence electrons. The van der Waals surface area contributed by atoms with Gasteiger partial charge in [-0.05, 0) is 43.0 Å². The van der Waals surface area contributed by atoms with Crippen molar-refractivity contribution in [2.24, 2.45) is 5.73 Å². The summed E-state index contributed by atoms with van der Waals surface area (Å²) in [6, 6.07) is 4.09. The number of nitrogens with two attached hydrogens (primary N) is 1. The topological polar surface area (TPSA) is 26.0 Å². The lowest BCUT2D eigenvalue weighted by Gasteiger charge is -2.40. The third kappa shape index (κ3) is 1.67. The van der Waals surface area contributed by atoms with Gasteiger partial charge in [-0.25, -0.2) is 4.39 Å². The van der Waals surface area contributed by atoms with Gasteiger partial charge in [-0.2, -0.15) is 0 Å². The lowest BCUT2D eigenvalue weighted by molar-refractivity contribution is 0.0398. The monoisotopic (exact) mass is 207 g/mol. The SMILES string of the molecule is Cc1cc(C)c(C2(F)CC(N)C2)cc1C. The molecule has 2 N–H and O–H groups in total. The minimum absolute atomic E-state index is 0.0380. The van der Waals surface area contributed by atoms with Crippen molar-refractivity contribution in [2.45, 2.75) is 45.3 Å². The van der Waals surface area contributed by atoms with Gasteiger partial charge in [0.1, 0.15) is 5.67 Å². The van der Waals surface area contributed by atoms with Gasteiger partial charge in [0.2, 0.25) is 0 Å². The standard InChI is InChI=1S/C13H18FN/c1-8-4-10(3)12(5-9(8)2)13(14)6-11(15)7-13/h4-5,11H,6-7,15H2,1-3H3. The molecule has 2 heteroatoms. The van der Waals surface area contributed by atoms with E-state index in [-0.39, 0.29) is 6.04 Å². The predicted molar refractivity (Wildman–Crippen MR) is 60.6 cm³/mol. The molecular formula is C13H18FN. The third-order valence-electron chi connectivity index (χ3n) is 3.49. The number of rotatable bonds is 1. The van der Waals surface area contributed by atoms with Crippen molar-refractivity contribution < 1.29 is 4.39 Å². The summed E-state index contributed by atoms with van der Waals surface area (Å²) >= 11 is 0. The number of hydrogen-bond acceptors (Lipinski definition) is 1. The molecule has 0 spiro atoms. The Morgan fingerprint density at radius 3 is 2.20 bits per heavy atom. The minimum Gasteiger partial charge on any atom is -0.327 e. The fourth-order valence-corrected chi connectivity index (χ4v) is 2.43. The lowest BCUT2D eigenvalue weighted by Crippen LogP contribution is -2.46. The molecule has 0 aliphatic heterocycles. The predicted octanol–water partition coefficient (Wildman–Crippen LogP) is 2.90. The summed E-state index contributed by atoms with van der Waals surface area (Å²) in [6.45, 7) is 6.07. The zero-order valence-corrected chi connectivity index (χ0v) is 9.60. The first-order valence-corrected chi connectivity index (χ1v) is 5.45. The average molecular weight is 207 g/mol. The summed E-state index contributed by atoms with van der Waals surface area (Å²) in [5, 5.41) is 0. The molecule has 1 aromatic rings. The van der Waals surface area contributed by atoms with Crippen LogP contribution in [0, 0.1) is 20.8 Å². The fraction of sp³-hybridized carbons (Fsp3) is 0.538. The van der Waals surface area contributed by atoms with Crippen LogP contribution in [0.2, 0.25) is 0 Å². The first-order valence-electron chi connectivity index (χ1n) is 5.45. The highest BCUT2D eigenvalue weighted by atomic mass is 19.1. The number of hydrogen-bond donors (Lipinski definition) is 1. The lowest BCUT2D eigenvalue weighted by atomic mass is 9.71. The van der Waals surface area contributed by atoms with E-state index in [1.165, 1.54) is 5.56 Å². The summed E-state index contributed by atoms with van der Waals surface area (Å²) in [5.74, 6) is 0. The largest absolute Gasteiger partial charge is 0.327 e. The Morgan fingerprint density at radius 2 is 1.67 bits per heavy atom. The van der Waals surface area contributed by atoms with Crippen LogP contribution in [0.5, 0.6) is 0 Å². The van der Waals surface area contributed by atoms with Crippen LogP contribution in [0.25, 0.3) is 0 Å². The van der Waals surface area contributed by atoms with E-state index in [0.717, 1.165) is 16.7 Å². The van der Waals surface area contributed by atoms with E-state index in [4.69, 9.17) is 5.73 Å². The molecule has 1 nitrogen and oxygen atoms in total. The third-order valence-corrected chi connectivity index (χ3v) is 3.49. The number of alkyl halides is 1. The van der Waals surface area contributed by atoms with Crippen molar-refractivity contribution >= 4 is 0 Å². The zero-order valence-electron chi connectivity index (χ0n) is 9.60. The zero-order chi connectivity index (χ0) is 11.2. The highest BCUT2D eigenvalue weighted by Crippen LogP contribution is 2.45. The highest BCUT2D eigenvalue weighted by molar-refractivity contribution is 5.41. The molecular weight excluding hydrogens is 189 g/mol. The Balaban J connectivity index is 2.41. The van der Waals surface area contributed by atoms with E-state index in [1.807, 2.05) is 19.9 Å². The van der Waals surface area contributed by atoms with Gasteiger partial charge in [0, 0.05) is 18.9 Å². The van der Waals surface area contributed by atoms with E-state index < -0.39 is 5.67 Å². The van der Waals surface area contributed by atoms with E-state index in [1.54, 1.807) is 0 Å². The van der Waals surface area contributed by atoms with Crippen molar-refractivity contribution in [1.29, 1.82) is 0 Å². The molecule has 0 heterocycles. The molecule has 0 unspecified atom stereocenters. The summed E-state index contributed by atoms with van der Waals surface area (Å²) in [5.41, 5.74) is 8.78. The van der Waals surface area contributed by atoms with Crippen LogP contribution in [0.15, 0.2) is 12.1 Å². The van der Waals surface area contributed by atoms with E-state index in [9.17, 15) is 4.39 Å². The van der Waals surface area contributed by atoms with Crippen LogP contribution < -0.4 is 5.73 Å². The van der Waals surface area contributed by atoms with Crippen LogP contribution in [0.1, 0.15) is 35.1 Å². The Bertz CT molecular complexity index is 392. The molecule has 1 aliphatic carbocycles. The Kier molecular flexibility index (Phi) is 2.34. The van der Waals surface area contributed by atoms with Gasteiger partial charge < -0.3 is 5.73 Å². The van der Waals surface area contributed by atoms with E-state index in [2.05, 4.69) is 13.0 Å². The van der Waals surface area contributed by atoms with Crippen LogP contribution in [-0.2, 0) is 5.67 Å². The average Bonchev–Trinajstić information content (AvgIpc) is 2.08. The molecule has 0 radical (unpaired) electrons. The quantitative estimate of drug-likeness (QED) is 0.753. The maximum atomic E-state index is 14.4. The molecule has 1 aliphatic rings. The second kappa shape index (κ2) is 3.31. The summed E-state index contributed by atoms with van der Waals surface area (Å²) in [7, 11) is 0. The molecule has 1 saturated carbocycles. The Hall–Kier alpha value is -0.890. The summed E-state index contributed by atoms with van der Waals surface area (Å²) < 4.78 is 14.4. The van der Waals surface area contributed by atoms with Gasteiger partial charge in [0.05, 0.1) is 0 Å². The van der Waals surface area contributed by atoms with Gasteiger partial charge in [-0.15, -0.1) is 0 Å². The van der Waals surface area contributed by atoms with Crippen molar-refractivity contribution in [2.75, 3.05) is 0 Å². The van der Waals surface area contributed by atoms with Crippen LogP contribution >= 0.6 is 0 Å². The second-order valence-corrected chi connectivity index (χ2v) is 4.89. The number of halogens is 1. The highest BCUT2D eigenvalue weighted by Gasteiger charge is 2.45. The van der Waals surface area contributed by atoms with E-state index >= 15 is 0 Å². The molecule has 15 heavy (non-hydrogen) atoms. The number of aryl methyl sites for hydroxylation is 3. The van der Waals surface area contributed by atoms with Crippen molar-refractivity contribution in [3.05, 3.63) is 34.4 Å². The fourth-order valence-electron chi connectivity index (χ4n) is 2.43.